The van der Waals surface area contributed by atoms with Gasteiger partial charge in [0, 0.05) is 18.1 Å². The molecule has 0 atom stereocenters. The second kappa shape index (κ2) is 5.78. The third-order valence-corrected chi connectivity index (χ3v) is 4.54. The van der Waals surface area contributed by atoms with Crippen LogP contribution in [0.2, 0.25) is 5.02 Å². The normalized spacial score (nSPS) is 15.4. The summed E-state index contributed by atoms with van der Waals surface area (Å²) < 4.78 is 10.8. The summed E-state index contributed by atoms with van der Waals surface area (Å²) in [4.78, 5) is 14.4. The lowest BCUT2D eigenvalue weighted by molar-refractivity contribution is -0.131. The molecule has 2 aromatic carbocycles. The first kappa shape index (κ1) is 14.4. The van der Waals surface area contributed by atoms with Crippen molar-refractivity contribution in [1.82, 2.24) is 4.90 Å². The fourth-order valence-corrected chi connectivity index (χ4v) is 3.31. The van der Waals surface area contributed by atoms with Crippen molar-refractivity contribution >= 4 is 17.5 Å². The fourth-order valence-electron chi connectivity index (χ4n) is 3.09. The fraction of sp³-hybridized carbons (Fsp3) is 0.278. The molecule has 2 aromatic rings. The third kappa shape index (κ3) is 2.86. The summed E-state index contributed by atoms with van der Waals surface area (Å²) in [6.45, 7) is 1.62. The van der Waals surface area contributed by atoms with Crippen LogP contribution in [0.5, 0.6) is 11.5 Å². The molecule has 0 fully saturated rings. The van der Waals surface area contributed by atoms with Gasteiger partial charge in [-0.05, 0) is 47.4 Å². The van der Waals surface area contributed by atoms with Gasteiger partial charge in [0.25, 0.3) is 0 Å². The Balaban J connectivity index is 1.50. The summed E-state index contributed by atoms with van der Waals surface area (Å²) in [7, 11) is 0. The predicted molar refractivity (Wildman–Crippen MR) is 86.8 cm³/mol. The molecule has 2 aliphatic heterocycles. The summed E-state index contributed by atoms with van der Waals surface area (Å²) in [5.74, 6) is 1.70. The highest BCUT2D eigenvalue weighted by Crippen LogP contribution is 2.36. The van der Waals surface area contributed by atoms with Crippen molar-refractivity contribution in [2.75, 3.05) is 13.3 Å². The maximum atomic E-state index is 12.5. The highest BCUT2D eigenvalue weighted by atomic mass is 35.5. The summed E-state index contributed by atoms with van der Waals surface area (Å²) in [5.41, 5.74) is 3.32. The Hall–Kier alpha value is -2.20. The van der Waals surface area contributed by atoms with Crippen molar-refractivity contribution in [2.45, 2.75) is 19.4 Å². The van der Waals surface area contributed by atoms with Crippen molar-refractivity contribution in [2.24, 2.45) is 0 Å². The third-order valence-electron chi connectivity index (χ3n) is 4.30. The van der Waals surface area contributed by atoms with Crippen LogP contribution >= 0.6 is 11.6 Å². The maximum Gasteiger partial charge on any atom is 0.231 e. The van der Waals surface area contributed by atoms with Gasteiger partial charge in [0.15, 0.2) is 11.5 Å². The molecule has 1 amide bonds. The van der Waals surface area contributed by atoms with Gasteiger partial charge < -0.3 is 14.4 Å². The first-order chi connectivity index (χ1) is 11.2. The number of amides is 1. The minimum atomic E-state index is 0.121. The number of ether oxygens (including phenoxy) is 2. The number of fused-ring (bicyclic) bond motifs is 2. The van der Waals surface area contributed by atoms with Crippen LogP contribution < -0.4 is 9.47 Å². The molecule has 5 heteroatoms. The molecule has 0 unspecified atom stereocenters. The second-order valence-electron chi connectivity index (χ2n) is 5.85. The summed E-state index contributed by atoms with van der Waals surface area (Å²) in [6.07, 6.45) is 1.22. The van der Waals surface area contributed by atoms with Gasteiger partial charge in [-0.15, -0.1) is 0 Å². The van der Waals surface area contributed by atoms with E-state index in [-0.39, 0.29) is 12.7 Å². The Bertz CT molecular complexity index is 775. The lowest BCUT2D eigenvalue weighted by Gasteiger charge is -2.29. The van der Waals surface area contributed by atoms with E-state index >= 15 is 0 Å². The topological polar surface area (TPSA) is 38.8 Å². The number of carbonyl (C=O) groups excluding carboxylic acids is 1. The van der Waals surface area contributed by atoms with Gasteiger partial charge in [-0.1, -0.05) is 23.7 Å². The van der Waals surface area contributed by atoms with E-state index in [1.165, 1.54) is 5.56 Å². The molecule has 0 N–H and O–H groups in total. The molecule has 0 spiro atoms. The molecule has 0 bridgehead atoms. The summed E-state index contributed by atoms with van der Waals surface area (Å²) in [6, 6.07) is 11.5. The lowest BCUT2D eigenvalue weighted by Crippen LogP contribution is -2.36. The number of hydrogen-bond acceptors (Lipinski definition) is 3. The SMILES string of the molecule is O=C(Cc1cccc(Cl)c1)N1CCc2cc3c(cc2C1)OCO3. The molecule has 2 aliphatic rings. The van der Waals surface area contributed by atoms with Gasteiger partial charge in [-0.3, -0.25) is 4.79 Å². The summed E-state index contributed by atoms with van der Waals surface area (Å²) in [5, 5.41) is 0.659. The van der Waals surface area contributed by atoms with E-state index in [4.69, 9.17) is 21.1 Å². The number of rotatable bonds is 2. The van der Waals surface area contributed by atoms with Crippen molar-refractivity contribution < 1.29 is 14.3 Å². The van der Waals surface area contributed by atoms with Crippen LogP contribution in [-0.4, -0.2) is 24.1 Å². The molecule has 4 nitrogen and oxygen atoms in total. The minimum Gasteiger partial charge on any atom is -0.454 e. The molecule has 118 valence electrons. The van der Waals surface area contributed by atoms with Gasteiger partial charge in [-0.2, -0.15) is 0 Å². The van der Waals surface area contributed by atoms with E-state index in [2.05, 4.69) is 0 Å². The first-order valence-electron chi connectivity index (χ1n) is 7.63. The molecular weight excluding hydrogens is 314 g/mol. The Morgan fingerprint density at radius 1 is 1.13 bits per heavy atom. The van der Waals surface area contributed by atoms with Gasteiger partial charge in [-0.25, -0.2) is 0 Å². The van der Waals surface area contributed by atoms with Crippen LogP contribution in [0.25, 0.3) is 0 Å². The predicted octanol–water partition coefficient (Wildman–Crippen LogP) is 3.20. The Morgan fingerprint density at radius 3 is 2.70 bits per heavy atom. The highest BCUT2D eigenvalue weighted by molar-refractivity contribution is 6.30. The van der Waals surface area contributed by atoms with E-state index in [1.807, 2.05) is 41.3 Å². The van der Waals surface area contributed by atoms with Crippen molar-refractivity contribution in [1.29, 1.82) is 0 Å². The average Bonchev–Trinajstić information content (AvgIpc) is 2.99. The van der Waals surface area contributed by atoms with Gasteiger partial charge in [0.1, 0.15) is 0 Å². The maximum absolute atomic E-state index is 12.5. The van der Waals surface area contributed by atoms with Crippen LogP contribution in [0.4, 0.5) is 0 Å². The molecular formula is C18H16ClNO3. The molecule has 0 aromatic heterocycles. The van der Waals surface area contributed by atoms with E-state index in [0.29, 0.717) is 18.0 Å². The van der Waals surface area contributed by atoms with E-state index < -0.39 is 0 Å². The molecule has 0 saturated carbocycles. The zero-order valence-electron chi connectivity index (χ0n) is 12.5. The van der Waals surface area contributed by atoms with Crippen LogP contribution in [0.1, 0.15) is 16.7 Å². The molecule has 0 aliphatic carbocycles. The van der Waals surface area contributed by atoms with Crippen molar-refractivity contribution in [3.05, 3.63) is 58.1 Å². The molecule has 2 heterocycles. The quantitative estimate of drug-likeness (QED) is 0.849. The van der Waals surface area contributed by atoms with Crippen molar-refractivity contribution in [3.63, 3.8) is 0 Å². The lowest BCUT2D eigenvalue weighted by atomic mass is 9.98. The van der Waals surface area contributed by atoms with E-state index in [1.54, 1.807) is 0 Å². The van der Waals surface area contributed by atoms with Crippen molar-refractivity contribution in [3.8, 4) is 11.5 Å². The monoisotopic (exact) mass is 329 g/mol. The van der Waals surface area contributed by atoms with Gasteiger partial charge in [0.05, 0.1) is 6.42 Å². The number of nitrogens with zero attached hydrogens (tertiary/aromatic N) is 1. The van der Waals surface area contributed by atoms with E-state index in [9.17, 15) is 4.79 Å². The molecule has 23 heavy (non-hydrogen) atoms. The number of benzene rings is 2. The van der Waals surface area contributed by atoms with Crippen LogP contribution in [-0.2, 0) is 24.2 Å². The molecule has 0 radical (unpaired) electrons. The average molecular weight is 330 g/mol. The largest absolute Gasteiger partial charge is 0.454 e. The number of carbonyl (C=O) groups is 1. The number of hydrogen-bond donors (Lipinski definition) is 0. The molecule has 0 saturated heterocycles. The molecule has 4 rings (SSSR count). The minimum absolute atomic E-state index is 0.121. The zero-order chi connectivity index (χ0) is 15.8. The first-order valence-corrected chi connectivity index (χ1v) is 8.00. The van der Waals surface area contributed by atoms with Crippen LogP contribution in [0, 0.1) is 0 Å². The highest BCUT2D eigenvalue weighted by Gasteiger charge is 2.24. The van der Waals surface area contributed by atoms with Gasteiger partial charge >= 0.3 is 0 Å². The Labute approximate surface area is 139 Å². The summed E-state index contributed by atoms with van der Waals surface area (Å²) >= 11 is 5.98. The van der Waals surface area contributed by atoms with E-state index in [0.717, 1.165) is 35.6 Å². The zero-order valence-corrected chi connectivity index (χ0v) is 13.3. The van der Waals surface area contributed by atoms with Gasteiger partial charge in [0.2, 0.25) is 12.7 Å². The Morgan fingerprint density at radius 2 is 1.91 bits per heavy atom. The smallest absolute Gasteiger partial charge is 0.231 e. The number of halogens is 1. The van der Waals surface area contributed by atoms with Crippen LogP contribution in [0.3, 0.4) is 0 Å². The second-order valence-corrected chi connectivity index (χ2v) is 6.28. The Kier molecular flexibility index (Phi) is 3.62. The standard InChI is InChI=1S/C18H16ClNO3/c19-15-3-1-2-12(6-15)7-18(21)20-5-4-13-8-16-17(23-11-22-16)9-14(13)10-20/h1-3,6,8-9H,4-5,7,10-11H2. The van der Waals surface area contributed by atoms with Crippen LogP contribution in [0.15, 0.2) is 36.4 Å².